The largest absolute Gasteiger partial charge is 0.347 e. The Morgan fingerprint density at radius 1 is 1.64 bits per heavy atom. The standard InChI is InChI=1S/C10H20N4/c1-4-14(3)7-9(2)12-6-10-5-11-8-13-10/h5,8-9,12H,4,6-7H2,1-3H3,(H,11,13). The summed E-state index contributed by atoms with van der Waals surface area (Å²) in [4.78, 5) is 9.34. The van der Waals surface area contributed by atoms with Gasteiger partial charge in [0.05, 0.1) is 6.33 Å². The van der Waals surface area contributed by atoms with Gasteiger partial charge in [0, 0.05) is 31.0 Å². The van der Waals surface area contributed by atoms with Crippen molar-refractivity contribution in [1.82, 2.24) is 20.2 Å². The molecule has 4 heteroatoms. The topological polar surface area (TPSA) is 44.0 Å². The van der Waals surface area contributed by atoms with Gasteiger partial charge in [-0.2, -0.15) is 0 Å². The molecule has 0 spiro atoms. The Hall–Kier alpha value is -0.870. The Morgan fingerprint density at radius 3 is 3.00 bits per heavy atom. The van der Waals surface area contributed by atoms with Gasteiger partial charge >= 0.3 is 0 Å². The molecular weight excluding hydrogens is 176 g/mol. The molecule has 14 heavy (non-hydrogen) atoms. The van der Waals surface area contributed by atoms with E-state index < -0.39 is 0 Å². The summed E-state index contributed by atoms with van der Waals surface area (Å²) in [6, 6.07) is 0.503. The monoisotopic (exact) mass is 196 g/mol. The molecule has 0 aliphatic heterocycles. The number of aromatic nitrogens is 2. The molecule has 0 aliphatic rings. The molecule has 0 saturated carbocycles. The minimum absolute atomic E-state index is 0.503. The highest BCUT2D eigenvalue weighted by atomic mass is 15.1. The highest BCUT2D eigenvalue weighted by Gasteiger charge is 2.04. The fourth-order valence-corrected chi connectivity index (χ4v) is 1.33. The van der Waals surface area contributed by atoms with Crippen LogP contribution in [-0.2, 0) is 6.54 Å². The first-order valence-corrected chi connectivity index (χ1v) is 5.11. The van der Waals surface area contributed by atoms with E-state index in [0.29, 0.717) is 6.04 Å². The molecule has 0 bridgehead atoms. The molecule has 80 valence electrons. The lowest BCUT2D eigenvalue weighted by Crippen LogP contribution is -2.36. The average molecular weight is 196 g/mol. The van der Waals surface area contributed by atoms with E-state index in [1.807, 2.05) is 6.20 Å². The number of nitrogens with one attached hydrogen (secondary N) is 2. The predicted octanol–water partition coefficient (Wildman–Crippen LogP) is 0.839. The van der Waals surface area contributed by atoms with E-state index in [4.69, 9.17) is 0 Å². The maximum atomic E-state index is 3.97. The van der Waals surface area contributed by atoms with Gasteiger partial charge in [-0.25, -0.2) is 4.98 Å². The van der Waals surface area contributed by atoms with E-state index in [0.717, 1.165) is 25.3 Å². The molecule has 0 saturated heterocycles. The summed E-state index contributed by atoms with van der Waals surface area (Å²) in [6.45, 7) is 7.39. The second-order valence-corrected chi connectivity index (χ2v) is 3.71. The fraction of sp³-hybridized carbons (Fsp3) is 0.700. The first-order valence-electron chi connectivity index (χ1n) is 5.11. The van der Waals surface area contributed by atoms with Gasteiger partial charge in [-0.1, -0.05) is 6.92 Å². The van der Waals surface area contributed by atoms with E-state index in [2.05, 4.69) is 41.1 Å². The molecule has 1 rings (SSSR count). The van der Waals surface area contributed by atoms with E-state index >= 15 is 0 Å². The zero-order chi connectivity index (χ0) is 10.4. The molecule has 4 nitrogen and oxygen atoms in total. The van der Waals surface area contributed by atoms with Gasteiger partial charge in [0.2, 0.25) is 0 Å². The quantitative estimate of drug-likeness (QED) is 0.708. The van der Waals surface area contributed by atoms with Gasteiger partial charge in [-0.05, 0) is 20.5 Å². The summed E-state index contributed by atoms with van der Waals surface area (Å²) >= 11 is 0. The smallest absolute Gasteiger partial charge is 0.0922 e. The molecule has 0 aromatic carbocycles. The van der Waals surface area contributed by atoms with Crippen molar-refractivity contribution in [2.75, 3.05) is 20.1 Å². The fourth-order valence-electron chi connectivity index (χ4n) is 1.33. The Balaban J connectivity index is 2.18. The van der Waals surface area contributed by atoms with Crippen molar-refractivity contribution in [3.05, 3.63) is 18.2 Å². The molecule has 2 N–H and O–H groups in total. The molecule has 1 heterocycles. The lowest BCUT2D eigenvalue weighted by Gasteiger charge is -2.20. The van der Waals surface area contributed by atoms with Gasteiger partial charge in [0.1, 0.15) is 0 Å². The van der Waals surface area contributed by atoms with Gasteiger partial charge in [0.25, 0.3) is 0 Å². The number of H-pyrrole nitrogens is 1. The minimum atomic E-state index is 0.503. The summed E-state index contributed by atoms with van der Waals surface area (Å²) < 4.78 is 0. The van der Waals surface area contributed by atoms with Gasteiger partial charge in [0.15, 0.2) is 0 Å². The molecular formula is C10H20N4. The number of rotatable bonds is 6. The van der Waals surface area contributed by atoms with Crippen molar-refractivity contribution in [2.45, 2.75) is 26.4 Å². The van der Waals surface area contributed by atoms with Crippen LogP contribution in [-0.4, -0.2) is 41.0 Å². The van der Waals surface area contributed by atoms with Crippen molar-refractivity contribution in [1.29, 1.82) is 0 Å². The average Bonchev–Trinajstić information content (AvgIpc) is 2.67. The number of likely N-dealkylation sites (N-methyl/N-ethyl adjacent to an activating group) is 1. The van der Waals surface area contributed by atoms with E-state index in [9.17, 15) is 0 Å². The van der Waals surface area contributed by atoms with Crippen LogP contribution in [0.15, 0.2) is 12.5 Å². The van der Waals surface area contributed by atoms with Crippen LogP contribution in [0.1, 0.15) is 19.5 Å². The predicted molar refractivity (Wildman–Crippen MR) is 58.1 cm³/mol. The zero-order valence-electron chi connectivity index (χ0n) is 9.25. The Kier molecular flexibility index (Phi) is 4.62. The maximum Gasteiger partial charge on any atom is 0.0922 e. The zero-order valence-corrected chi connectivity index (χ0v) is 9.25. The molecule has 0 aliphatic carbocycles. The van der Waals surface area contributed by atoms with E-state index in [1.165, 1.54) is 0 Å². The lowest BCUT2D eigenvalue weighted by molar-refractivity contribution is 0.309. The first-order chi connectivity index (χ1) is 6.72. The summed E-state index contributed by atoms with van der Waals surface area (Å²) in [5.74, 6) is 0. The van der Waals surface area contributed by atoms with E-state index in [-0.39, 0.29) is 0 Å². The number of nitrogens with zero attached hydrogens (tertiary/aromatic N) is 2. The Morgan fingerprint density at radius 2 is 2.43 bits per heavy atom. The van der Waals surface area contributed by atoms with Gasteiger partial charge < -0.3 is 15.2 Å². The van der Waals surface area contributed by atoms with Crippen LogP contribution in [0.4, 0.5) is 0 Å². The SMILES string of the molecule is CCN(C)CC(C)NCc1cnc[nH]1. The van der Waals surface area contributed by atoms with Crippen LogP contribution in [0.2, 0.25) is 0 Å². The van der Waals surface area contributed by atoms with Crippen LogP contribution in [0.5, 0.6) is 0 Å². The summed E-state index contributed by atoms with van der Waals surface area (Å²) in [5, 5.41) is 3.44. The van der Waals surface area contributed by atoms with Crippen molar-refractivity contribution in [3.63, 3.8) is 0 Å². The molecule has 1 unspecified atom stereocenters. The van der Waals surface area contributed by atoms with Crippen LogP contribution in [0.3, 0.4) is 0 Å². The van der Waals surface area contributed by atoms with Crippen LogP contribution < -0.4 is 5.32 Å². The lowest BCUT2D eigenvalue weighted by atomic mass is 10.3. The highest BCUT2D eigenvalue weighted by molar-refractivity contribution is 4.93. The Labute approximate surface area is 85.7 Å². The number of hydrogen-bond acceptors (Lipinski definition) is 3. The third-order valence-corrected chi connectivity index (χ3v) is 2.32. The second kappa shape index (κ2) is 5.78. The normalized spacial score (nSPS) is 13.4. The third kappa shape index (κ3) is 3.89. The minimum Gasteiger partial charge on any atom is -0.347 e. The van der Waals surface area contributed by atoms with Gasteiger partial charge in [-0.3, -0.25) is 0 Å². The van der Waals surface area contributed by atoms with Crippen LogP contribution >= 0.6 is 0 Å². The third-order valence-electron chi connectivity index (χ3n) is 2.32. The molecule has 1 atom stereocenters. The molecule has 0 radical (unpaired) electrons. The molecule has 1 aromatic heterocycles. The van der Waals surface area contributed by atoms with Crippen molar-refractivity contribution in [2.24, 2.45) is 0 Å². The second-order valence-electron chi connectivity index (χ2n) is 3.71. The summed E-state index contributed by atoms with van der Waals surface area (Å²) in [7, 11) is 2.13. The van der Waals surface area contributed by atoms with Crippen molar-refractivity contribution >= 4 is 0 Å². The van der Waals surface area contributed by atoms with Crippen molar-refractivity contribution in [3.8, 4) is 0 Å². The maximum absolute atomic E-state index is 3.97. The number of imidazole rings is 1. The van der Waals surface area contributed by atoms with Crippen LogP contribution in [0.25, 0.3) is 0 Å². The molecule has 0 amide bonds. The summed E-state index contributed by atoms with van der Waals surface area (Å²) in [6.07, 6.45) is 3.56. The number of hydrogen-bond donors (Lipinski definition) is 2. The Bertz CT molecular complexity index is 232. The number of aromatic amines is 1. The first kappa shape index (κ1) is 11.2. The summed E-state index contributed by atoms with van der Waals surface area (Å²) in [5.41, 5.74) is 1.14. The van der Waals surface area contributed by atoms with Crippen LogP contribution in [0, 0.1) is 0 Å². The molecule has 1 aromatic rings. The van der Waals surface area contributed by atoms with E-state index in [1.54, 1.807) is 6.33 Å². The van der Waals surface area contributed by atoms with Crippen molar-refractivity contribution < 1.29 is 0 Å². The van der Waals surface area contributed by atoms with Gasteiger partial charge in [-0.15, -0.1) is 0 Å². The molecule has 0 fully saturated rings. The highest BCUT2D eigenvalue weighted by Crippen LogP contribution is 1.93.